The number of aromatic carboxylic acids is 1. The number of H-pyrrole nitrogens is 1. The average Bonchev–Trinajstić information content (AvgIpc) is 2.95. The highest BCUT2D eigenvalue weighted by atomic mass is 16.4. The van der Waals surface area contributed by atoms with Gasteiger partial charge in [0, 0.05) is 55.7 Å². The molecule has 142 valence electrons. The molecular weight excluding hydrogens is 342 g/mol. The average molecular weight is 367 g/mol. The van der Waals surface area contributed by atoms with E-state index in [1.807, 2.05) is 20.0 Å². The number of aromatic nitrogens is 3. The summed E-state index contributed by atoms with van der Waals surface area (Å²) >= 11 is 0. The number of hydrogen-bond donors (Lipinski definition) is 2. The number of aromatic amines is 1. The Hall–Kier alpha value is -2.54. The number of carboxylic acids is 1. The Kier molecular flexibility index (Phi) is 4.78. The number of carbonyl (C=O) groups is 1. The van der Waals surface area contributed by atoms with Gasteiger partial charge in [0.05, 0.1) is 17.0 Å². The Labute approximate surface area is 158 Å². The summed E-state index contributed by atoms with van der Waals surface area (Å²) in [5.41, 5.74) is 6.23. The van der Waals surface area contributed by atoms with Crippen molar-refractivity contribution in [1.82, 2.24) is 19.9 Å². The zero-order chi connectivity index (χ0) is 19.0. The lowest BCUT2D eigenvalue weighted by Gasteiger charge is -2.28. The molecule has 2 aromatic rings. The first-order chi connectivity index (χ1) is 13.0. The summed E-state index contributed by atoms with van der Waals surface area (Å²) in [6.45, 7) is 6.96. The minimum atomic E-state index is -0.872. The van der Waals surface area contributed by atoms with Crippen molar-refractivity contribution in [3.05, 3.63) is 45.8 Å². The lowest BCUT2D eigenvalue weighted by Crippen LogP contribution is -2.31. The monoisotopic (exact) mass is 367 g/mol. The Morgan fingerprint density at radius 1 is 1.30 bits per heavy atom. The molecule has 0 saturated carbocycles. The van der Waals surface area contributed by atoms with E-state index in [0.29, 0.717) is 17.8 Å². The Balaban J connectivity index is 1.50. The van der Waals surface area contributed by atoms with Gasteiger partial charge in [-0.1, -0.05) is 0 Å². The van der Waals surface area contributed by atoms with Crippen LogP contribution in [0, 0.1) is 13.8 Å². The number of fused-ring (bicyclic) bond motifs is 1. The molecule has 0 saturated heterocycles. The van der Waals surface area contributed by atoms with E-state index in [2.05, 4.69) is 19.9 Å². The summed E-state index contributed by atoms with van der Waals surface area (Å²) in [6.07, 6.45) is 6.12. The molecule has 2 aromatic heterocycles. The van der Waals surface area contributed by atoms with Crippen LogP contribution in [-0.4, -0.2) is 49.7 Å². The van der Waals surface area contributed by atoms with Crippen LogP contribution in [-0.2, 0) is 19.5 Å². The van der Waals surface area contributed by atoms with Crippen molar-refractivity contribution in [1.29, 1.82) is 0 Å². The molecule has 2 aliphatic rings. The van der Waals surface area contributed by atoms with E-state index in [-0.39, 0.29) is 0 Å². The van der Waals surface area contributed by atoms with Crippen molar-refractivity contribution < 1.29 is 9.90 Å². The van der Waals surface area contributed by atoms with Crippen LogP contribution in [0.3, 0.4) is 0 Å². The maximum Gasteiger partial charge on any atom is 0.337 e. The third-order valence-corrected chi connectivity index (χ3v) is 5.53. The number of carboxylic acid groups (broad SMARTS) is 1. The van der Waals surface area contributed by atoms with Gasteiger partial charge in [0.25, 0.3) is 0 Å². The smallest absolute Gasteiger partial charge is 0.337 e. The van der Waals surface area contributed by atoms with Crippen LogP contribution in [0.5, 0.6) is 0 Å². The largest absolute Gasteiger partial charge is 0.478 e. The fourth-order valence-electron chi connectivity index (χ4n) is 4.05. The van der Waals surface area contributed by atoms with E-state index in [0.717, 1.165) is 72.9 Å². The molecule has 4 rings (SSSR count). The van der Waals surface area contributed by atoms with Crippen LogP contribution in [0.25, 0.3) is 0 Å². The second-order valence-electron chi connectivity index (χ2n) is 7.45. The van der Waals surface area contributed by atoms with E-state index in [1.165, 1.54) is 6.42 Å². The highest BCUT2D eigenvalue weighted by Gasteiger charge is 2.23. The van der Waals surface area contributed by atoms with E-state index in [1.54, 1.807) is 0 Å². The first kappa shape index (κ1) is 17.9. The van der Waals surface area contributed by atoms with Gasteiger partial charge in [-0.25, -0.2) is 14.8 Å². The van der Waals surface area contributed by atoms with Gasteiger partial charge >= 0.3 is 5.97 Å². The highest BCUT2D eigenvalue weighted by molar-refractivity contribution is 5.97. The van der Waals surface area contributed by atoms with Gasteiger partial charge in [0.1, 0.15) is 0 Å². The SMILES string of the molecule is Cc1[nH]c(CN2CCc3nc(C4=NCCCC4)ncc3C2)c(C)c1C(=O)O. The van der Waals surface area contributed by atoms with Crippen LogP contribution >= 0.6 is 0 Å². The van der Waals surface area contributed by atoms with E-state index >= 15 is 0 Å². The standard InChI is InChI=1S/C20H25N5O2/c1-12-17(23-13(2)18(12)20(26)27)11-25-8-6-15-14(10-25)9-22-19(24-15)16-5-3-4-7-21-16/h9,23H,3-8,10-11H2,1-2H3,(H,26,27). The zero-order valence-corrected chi connectivity index (χ0v) is 15.9. The summed E-state index contributed by atoms with van der Waals surface area (Å²) in [6, 6.07) is 0. The van der Waals surface area contributed by atoms with Gasteiger partial charge in [-0.2, -0.15) is 0 Å². The molecule has 0 unspecified atom stereocenters. The third kappa shape index (κ3) is 3.51. The number of rotatable bonds is 4. The molecule has 0 aliphatic carbocycles. The lowest BCUT2D eigenvalue weighted by molar-refractivity contribution is 0.0695. The van der Waals surface area contributed by atoms with Crippen LogP contribution < -0.4 is 0 Å². The lowest BCUT2D eigenvalue weighted by atomic mass is 10.0. The van der Waals surface area contributed by atoms with E-state index < -0.39 is 5.97 Å². The first-order valence-electron chi connectivity index (χ1n) is 9.55. The molecule has 4 heterocycles. The molecule has 0 atom stereocenters. The second-order valence-corrected chi connectivity index (χ2v) is 7.45. The molecular formula is C20H25N5O2. The topological polar surface area (TPSA) is 94.5 Å². The predicted octanol–water partition coefficient (Wildman–Crippen LogP) is 2.65. The summed E-state index contributed by atoms with van der Waals surface area (Å²) in [5, 5.41) is 9.37. The maximum atomic E-state index is 11.4. The molecule has 7 nitrogen and oxygen atoms in total. The quantitative estimate of drug-likeness (QED) is 0.866. The van der Waals surface area contributed by atoms with E-state index in [4.69, 9.17) is 4.98 Å². The minimum Gasteiger partial charge on any atom is -0.478 e. The molecule has 0 amide bonds. The van der Waals surface area contributed by atoms with Crippen molar-refractivity contribution in [2.75, 3.05) is 13.1 Å². The van der Waals surface area contributed by atoms with Crippen molar-refractivity contribution in [2.45, 2.75) is 52.6 Å². The summed E-state index contributed by atoms with van der Waals surface area (Å²) < 4.78 is 0. The van der Waals surface area contributed by atoms with Gasteiger partial charge in [0.15, 0.2) is 5.82 Å². The molecule has 0 radical (unpaired) electrons. The summed E-state index contributed by atoms with van der Waals surface area (Å²) in [4.78, 5) is 30.9. The number of hydrogen-bond acceptors (Lipinski definition) is 5. The normalized spacial score (nSPS) is 17.5. The van der Waals surface area contributed by atoms with Crippen LogP contribution in [0.2, 0.25) is 0 Å². The molecule has 7 heteroatoms. The van der Waals surface area contributed by atoms with Crippen molar-refractivity contribution in [3.8, 4) is 0 Å². The number of aliphatic imine (C=N–C) groups is 1. The molecule has 0 fully saturated rings. The number of nitrogens with one attached hydrogen (secondary N) is 1. The Morgan fingerprint density at radius 3 is 2.85 bits per heavy atom. The molecule has 2 aliphatic heterocycles. The Morgan fingerprint density at radius 2 is 2.15 bits per heavy atom. The number of nitrogens with zero attached hydrogens (tertiary/aromatic N) is 4. The van der Waals surface area contributed by atoms with E-state index in [9.17, 15) is 9.90 Å². The van der Waals surface area contributed by atoms with Gasteiger partial charge in [-0.05, 0) is 38.7 Å². The van der Waals surface area contributed by atoms with Gasteiger partial charge in [0.2, 0.25) is 0 Å². The third-order valence-electron chi connectivity index (χ3n) is 5.53. The second kappa shape index (κ2) is 7.23. The zero-order valence-electron chi connectivity index (χ0n) is 15.9. The fraction of sp³-hybridized carbons (Fsp3) is 0.500. The summed E-state index contributed by atoms with van der Waals surface area (Å²) in [5.74, 6) is -0.0770. The first-order valence-corrected chi connectivity index (χ1v) is 9.55. The maximum absolute atomic E-state index is 11.4. The van der Waals surface area contributed by atoms with Gasteiger partial charge in [-0.3, -0.25) is 9.89 Å². The van der Waals surface area contributed by atoms with Crippen LogP contribution in [0.1, 0.15) is 63.7 Å². The summed E-state index contributed by atoms with van der Waals surface area (Å²) in [7, 11) is 0. The van der Waals surface area contributed by atoms with Crippen LogP contribution in [0.4, 0.5) is 0 Å². The van der Waals surface area contributed by atoms with Crippen molar-refractivity contribution in [3.63, 3.8) is 0 Å². The van der Waals surface area contributed by atoms with Crippen molar-refractivity contribution >= 4 is 11.7 Å². The fourth-order valence-corrected chi connectivity index (χ4v) is 4.05. The van der Waals surface area contributed by atoms with Crippen LogP contribution in [0.15, 0.2) is 11.2 Å². The molecule has 0 bridgehead atoms. The highest BCUT2D eigenvalue weighted by Crippen LogP contribution is 2.23. The molecule has 2 N–H and O–H groups in total. The number of aryl methyl sites for hydroxylation is 1. The predicted molar refractivity (Wildman–Crippen MR) is 102 cm³/mol. The molecule has 0 spiro atoms. The Bertz CT molecular complexity index is 915. The minimum absolute atomic E-state index is 0.392. The van der Waals surface area contributed by atoms with Gasteiger partial charge in [-0.15, -0.1) is 0 Å². The van der Waals surface area contributed by atoms with Crippen molar-refractivity contribution in [2.24, 2.45) is 4.99 Å². The molecule has 27 heavy (non-hydrogen) atoms. The van der Waals surface area contributed by atoms with Gasteiger partial charge < -0.3 is 10.1 Å². The molecule has 0 aromatic carbocycles.